The van der Waals surface area contributed by atoms with Crippen molar-refractivity contribution in [3.05, 3.63) is 132 Å². The molecule has 0 bridgehead atoms. The van der Waals surface area contributed by atoms with E-state index in [-0.39, 0.29) is 41.8 Å². The van der Waals surface area contributed by atoms with Gasteiger partial charge in [0.05, 0.1) is 25.6 Å². The predicted octanol–water partition coefficient (Wildman–Crippen LogP) is 7.97. The Hall–Kier alpha value is -3.73. The highest BCUT2D eigenvalue weighted by molar-refractivity contribution is 7.89. The lowest BCUT2D eigenvalue weighted by Crippen LogP contribution is -2.67. The standard InChI is InChI=1S/C46H59NO6SSi/c1-33(34(2)54(49,50)47(30-35-18-23-40(51-6)24-19-35)31-36-20-25-41(52-7)26-21-36)38-28-39(29-38)45(48)44-27-22-37(44)32-53-55(46(3,4)5,42-14-10-8-11-15-42)43-16-12-9-13-17-43/h8-21,23-26,28,33-34,37-38,44-45,48H,22,27,29-32H2,1-7H3/t33-,34-,37+,38?,44-,45+/m1/s1. The Balaban J connectivity index is 1.14. The minimum Gasteiger partial charge on any atom is -0.497 e. The summed E-state index contributed by atoms with van der Waals surface area (Å²) in [4.78, 5) is 0. The molecule has 6 atom stereocenters. The highest BCUT2D eigenvalue weighted by Crippen LogP contribution is 2.46. The van der Waals surface area contributed by atoms with Gasteiger partial charge in [-0.25, -0.2) is 8.42 Å². The maximum atomic E-state index is 14.4. The molecule has 1 unspecified atom stereocenters. The van der Waals surface area contributed by atoms with Crippen LogP contribution in [0.4, 0.5) is 0 Å². The van der Waals surface area contributed by atoms with Gasteiger partial charge in [-0.15, -0.1) is 0 Å². The third-order valence-electron chi connectivity index (χ3n) is 12.4. The number of methoxy groups -OCH3 is 2. The van der Waals surface area contributed by atoms with Gasteiger partial charge in [0, 0.05) is 19.7 Å². The molecule has 0 amide bonds. The first-order chi connectivity index (χ1) is 26.3. The number of aliphatic hydroxyl groups excluding tert-OH is 1. The molecular formula is C46H59NO6SSi. The van der Waals surface area contributed by atoms with Crippen molar-refractivity contribution >= 4 is 28.7 Å². The van der Waals surface area contributed by atoms with Crippen LogP contribution in [0.5, 0.6) is 11.5 Å². The largest absolute Gasteiger partial charge is 0.497 e. The fraction of sp³-hybridized carbons (Fsp3) is 0.435. The number of ether oxygens (including phenoxy) is 2. The number of allylic oxidation sites excluding steroid dienone is 1. The molecule has 9 heteroatoms. The molecule has 55 heavy (non-hydrogen) atoms. The molecule has 6 rings (SSSR count). The van der Waals surface area contributed by atoms with Gasteiger partial charge in [0.25, 0.3) is 8.32 Å². The molecule has 0 aromatic heterocycles. The zero-order valence-corrected chi connectivity index (χ0v) is 35.3. The maximum Gasteiger partial charge on any atom is 0.261 e. The Labute approximate surface area is 330 Å². The van der Waals surface area contributed by atoms with E-state index in [4.69, 9.17) is 13.9 Å². The third kappa shape index (κ3) is 8.66. The van der Waals surface area contributed by atoms with E-state index >= 15 is 0 Å². The minimum absolute atomic E-state index is 0.0742. The lowest BCUT2D eigenvalue weighted by molar-refractivity contribution is 0.00403. The van der Waals surface area contributed by atoms with Crippen LogP contribution >= 0.6 is 0 Å². The van der Waals surface area contributed by atoms with Gasteiger partial charge < -0.3 is 19.0 Å². The zero-order valence-electron chi connectivity index (χ0n) is 33.5. The number of hydrogen-bond acceptors (Lipinski definition) is 6. The van der Waals surface area contributed by atoms with Crippen molar-refractivity contribution in [3.63, 3.8) is 0 Å². The van der Waals surface area contributed by atoms with Crippen LogP contribution in [0.1, 0.15) is 65.0 Å². The van der Waals surface area contributed by atoms with Gasteiger partial charge in [-0.2, -0.15) is 4.31 Å². The molecule has 2 aliphatic carbocycles. The van der Waals surface area contributed by atoms with E-state index < -0.39 is 29.7 Å². The molecule has 7 nitrogen and oxygen atoms in total. The van der Waals surface area contributed by atoms with Crippen molar-refractivity contribution in [2.75, 3.05) is 20.8 Å². The van der Waals surface area contributed by atoms with Gasteiger partial charge in [-0.05, 0) is 106 Å². The molecule has 0 aliphatic heterocycles. The van der Waals surface area contributed by atoms with Crippen LogP contribution in [0.2, 0.25) is 5.04 Å². The second kappa shape index (κ2) is 17.2. The molecule has 0 heterocycles. The molecule has 294 valence electrons. The predicted molar refractivity (Wildman–Crippen MR) is 225 cm³/mol. The summed E-state index contributed by atoms with van der Waals surface area (Å²) in [5, 5.41) is 13.5. The first-order valence-electron chi connectivity index (χ1n) is 19.7. The van der Waals surface area contributed by atoms with E-state index in [1.165, 1.54) is 10.4 Å². The second-order valence-corrected chi connectivity index (χ2v) is 23.2. The van der Waals surface area contributed by atoms with Crippen molar-refractivity contribution in [1.29, 1.82) is 0 Å². The van der Waals surface area contributed by atoms with Gasteiger partial charge in [0.15, 0.2) is 0 Å². The molecule has 1 saturated carbocycles. The first kappa shape index (κ1) is 40.9. The van der Waals surface area contributed by atoms with Crippen LogP contribution in [-0.2, 0) is 27.5 Å². The van der Waals surface area contributed by atoms with Gasteiger partial charge in [-0.1, -0.05) is 119 Å². The van der Waals surface area contributed by atoms with Crippen LogP contribution in [-0.4, -0.2) is 58.3 Å². The number of benzene rings is 4. The fourth-order valence-corrected chi connectivity index (χ4v) is 15.0. The Morgan fingerprint density at radius 1 is 0.764 bits per heavy atom. The van der Waals surface area contributed by atoms with E-state index in [0.29, 0.717) is 13.0 Å². The van der Waals surface area contributed by atoms with Crippen molar-refractivity contribution in [1.82, 2.24) is 4.31 Å². The van der Waals surface area contributed by atoms with Gasteiger partial charge in [0.2, 0.25) is 10.0 Å². The lowest BCUT2D eigenvalue weighted by atomic mass is 9.65. The van der Waals surface area contributed by atoms with Crippen LogP contribution < -0.4 is 19.8 Å². The Kier molecular flexibility index (Phi) is 12.8. The maximum absolute atomic E-state index is 14.4. The van der Waals surface area contributed by atoms with E-state index in [9.17, 15) is 13.5 Å². The smallest absolute Gasteiger partial charge is 0.261 e. The number of rotatable bonds is 17. The topological polar surface area (TPSA) is 85.3 Å². The van der Waals surface area contributed by atoms with Crippen LogP contribution in [0.25, 0.3) is 0 Å². The molecule has 1 N–H and O–H groups in total. The Bertz CT molecular complexity index is 1890. The molecule has 4 aromatic rings. The number of aliphatic hydroxyl groups is 1. The van der Waals surface area contributed by atoms with Crippen LogP contribution in [0.15, 0.2) is 121 Å². The van der Waals surface area contributed by atoms with Crippen molar-refractivity contribution < 1.29 is 27.4 Å². The summed E-state index contributed by atoms with van der Waals surface area (Å²) in [7, 11) is -3.15. The van der Waals surface area contributed by atoms with Crippen molar-refractivity contribution in [2.45, 2.75) is 83.4 Å². The van der Waals surface area contributed by atoms with E-state index in [1.807, 2.05) is 62.4 Å². The van der Waals surface area contributed by atoms with Gasteiger partial charge >= 0.3 is 0 Å². The summed E-state index contributed by atoms with van der Waals surface area (Å²) in [6, 6.07) is 36.5. The van der Waals surface area contributed by atoms with Crippen LogP contribution in [0.3, 0.4) is 0 Å². The average Bonchev–Trinajstić information content (AvgIpc) is 3.15. The molecular weight excluding hydrogens is 723 g/mol. The summed E-state index contributed by atoms with van der Waals surface area (Å²) in [5.74, 6) is 1.79. The molecule has 0 saturated heterocycles. The lowest BCUT2D eigenvalue weighted by Gasteiger charge is -2.48. The molecule has 0 spiro atoms. The molecule has 0 radical (unpaired) electrons. The van der Waals surface area contributed by atoms with E-state index in [2.05, 4.69) is 87.5 Å². The average molecular weight is 782 g/mol. The third-order valence-corrected chi connectivity index (χ3v) is 19.7. The quantitative estimate of drug-likeness (QED) is 0.0865. The monoisotopic (exact) mass is 781 g/mol. The normalized spacial score (nSPS) is 20.5. The highest BCUT2D eigenvalue weighted by atomic mass is 32.2. The van der Waals surface area contributed by atoms with Crippen LogP contribution in [0, 0.1) is 23.7 Å². The summed E-state index contributed by atoms with van der Waals surface area (Å²) >= 11 is 0. The van der Waals surface area contributed by atoms with Crippen molar-refractivity contribution in [2.24, 2.45) is 23.7 Å². The SMILES string of the molecule is COc1ccc(CN(Cc2ccc(OC)cc2)S(=O)(=O)[C@H](C)[C@@H](C)C2C=C([C@H](O)[C@@H]3CC[C@H]3CO[Si](c3ccccc3)(c3ccccc3)C(C)(C)C)C2)cc1. The van der Waals surface area contributed by atoms with E-state index in [1.54, 1.807) is 18.5 Å². The first-order valence-corrected chi connectivity index (χ1v) is 23.1. The number of nitrogens with zero attached hydrogens (tertiary/aromatic N) is 1. The number of sulfonamides is 1. The second-order valence-electron chi connectivity index (χ2n) is 16.6. The summed E-state index contributed by atoms with van der Waals surface area (Å²) < 4.78 is 48.4. The van der Waals surface area contributed by atoms with Crippen molar-refractivity contribution in [3.8, 4) is 11.5 Å². The van der Waals surface area contributed by atoms with Gasteiger partial charge in [0.1, 0.15) is 11.5 Å². The molecule has 2 aliphatic rings. The summed E-state index contributed by atoms with van der Waals surface area (Å²) in [5.41, 5.74) is 2.82. The molecule has 4 aromatic carbocycles. The number of hydrogen-bond donors (Lipinski definition) is 1. The minimum atomic E-state index is -3.72. The molecule has 1 fully saturated rings. The zero-order chi connectivity index (χ0) is 39.4. The Morgan fingerprint density at radius 2 is 1.24 bits per heavy atom. The fourth-order valence-electron chi connectivity index (χ4n) is 8.52. The summed E-state index contributed by atoms with van der Waals surface area (Å²) in [6.45, 7) is 11.9. The Morgan fingerprint density at radius 3 is 1.64 bits per heavy atom. The highest BCUT2D eigenvalue weighted by Gasteiger charge is 2.51. The van der Waals surface area contributed by atoms with Gasteiger partial charge in [-0.3, -0.25) is 0 Å². The summed E-state index contributed by atoms with van der Waals surface area (Å²) in [6.07, 6.45) is 4.30. The van der Waals surface area contributed by atoms with E-state index in [0.717, 1.165) is 41.0 Å².